The van der Waals surface area contributed by atoms with Gasteiger partial charge in [-0.25, -0.2) is 4.79 Å². The van der Waals surface area contributed by atoms with E-state index in [1.165, 1.54) is 0 Å². The number of benzene rings is 1. The van der Waals surface area contributed by atoms with Crippen molar-refractivity contribution in [1.82, 2.24) is 0 Å². The second kappa shape index (κ2) is 4.91. The third-order valence-corrected chi connectivity index (χ3v) is 2.79. The summed E-state index contributed by atoms with van der Waals surface area (Å²) in [6.07, 6.45) is -4.57. The van der Waals surface area contributed by atoms with Gasteiger partial charge in [0.15, 0.2) is 0 Å². The van der Waals surface area contributed by atoms with Crippen LogP contribution >= 0.6 is 22.6 Å². The van der Waals surface area contributed by atoms with E-state index in [-0.39, 0.29) is 14.7 Å². The maximum Gasteiger partial charge on any atom is 0.416 e. The minimum Gasteiger partial charge on any atom is -0.465 e. The number of rotatable bonds is 1. The predicted molar refractivity (Wildman–Crippen MR) is 60.2 cm³/mol. The molecule has 0 heterocycles. The zero-order valence-corrected chi connectivity index (χ0v) is 10.6. The standard InChI is InChI=1S/C10H5F3INO2/c1-17-9(16)6-2-5(10(11,12)13)3-8(14)7(6)4-15/h2-3H,1H3. The van der Waals surface area contributed by atoms with Crippen molar-refractivity contribution in [3.8, 4) is 6.07 Å². The van der Waals surface area contributed by atoms with E-state index in [1.54, 1.807) is 28.7 Å². The lowest BCUT2D eigenvalue weighted by atomic mass is 10.0. The number of alkyl halides is 3. The van der Waals surface area contributed by atoms with Gasteiger partial charge in [0, 0.05) is 3.57 Å². The van der Waals surface area contributed by atoms with E-state index < -0.39 is 17.7 Å². The maximum atomic E-state index is 12.5. The summed E-state index contributed by atoms with van der Waals surface area (Å²) in [7, 11) is 1.04. The normalized spacial score (nSPS) is 10.8. The fourth-order valence-electron chi connectivity index (χ4n) is 1.15. The Bertz CT molecular complexity index is 505. The minimum absolute atomic E-state index is 0.0559. The quantitative estimate of drug-likeness (QED) is 0.575. The van der Waals surface area contributed by atoms with Crippen molar-refractivity contribution < 1.29 is 22.7 Å². The van der Waals surface area contributed by atoms with Crippen LogP contribution in [0.15, 0.2) is 12.1 Å². The van der Waals surface area contributed by atoms with Crippen LogP contribution in [0.2, 0.25) is 0 Å². The lowest BCUT2D eigenvalue weighted by Crippen LogP contribution is -2.11. The van der Waals surface area contributed by atoms with Crippen LogP contribution in [0.4, 0.5) is 13.2 Å². The van der Waals surface area contributed by atoms with Crippen LogP contribution < -0.4 is 0 Å². The molecule has 1 aromatic rings. The molecule has 0 saturated carbocycles. The van der Waals surface area contributed by atoms with E-state index >= 15 is 0 Å². The third-order valence-electron chi connectivity index (χ3n) is 1.93. The van der Waals surface area contributed by atoms with Crippen molar-refractivity contribution in [2.24, 2.45) is 0 Å². The molecule has 0 unspecified atom stereocenters. The Hall–Kier alpha value is -1.30. The van der Waals surface area contributed by atoms with Crippen LogP contribution in [-0.4, -0.2) is 13.1 Å². The summed E-state index contributed by atoms with van der Waals surface area (Å²) in [6, 6.07) is 3.11. The van der Waals surface area contributed by atoms with E-state index in [9.17, 15) is 18.0 Å². The van der Waals surface area contributed by atoms with E-state index in [0.29, 0.717) is 6.07 Å². The average Bonchev–Trinajstić information content (AvgIpc) is 2.25. The smallest absolute Gasteiger partial charge is 0.416 e. The highest BCUT2D eigenvalue weighted by atomic mass is 127. The minimum atomic E-state index is -4.57. The van der Waals surface area contributed by atoms with Crippen LogP contribution in [0.3, 0.4) is 0 Å². The first kappa shape index (κ1) is 13.8. The number of hydrogen-bond acceptors (Lipinski definition) is 3. The Morgan fingerprint density at radius 2 is 2.06 bits per heavy atom. The number of hydrogen-bond donors (Lipinski definition) is 0. The third kappa shape index (κ3) is 2.88. The maximum absolute atomic E-state index is 12.5. The number of nitriles is 1. The van der Waals surface area contributed by atoms with Crippen molar-refractivity contribution in [1.29, 1.82) is 5.26 Å². The molecule has 0 aliphatic carbocycles. The molecule has 0 saturated heterocycles. The fourth-order valence-corrected chi connectivity index (χ4v) is 1.90. The predicted octanol–water partition coefficient (Wildman–Crippen LogP) is 2.97. The highest BCUT2D eigenvalue weighted by Crippen LogP contribution is 2.32. The summed E-state index contributed by atoms with van der Waals surface area (Å²) in [6.45, 7) is 0. The molecule has 1 rings (SSSR count). The molecule has 0 atom stereocenters. The van der Waals surface area contributed by atoms with Gasteiger partial charge in [-0.05, 0) is 34.7 Å². The average molecular weight is 355 g/mol. The zero-order chi connectivity index (χ0) is 13.2. The Kier molecular flexibility index (Phi) is 3.98. The fraction of sp³-hybridized carbons (Fsp3) is 0.200. The molecule has 0 spiro atoms. The first-order valence-corrected chi connectivity index (χ1v) is 5.28. The molecule has 90 valence electrons. The monoisotopic (exact) mass is 355 g/mol. The van der Waals surface area contributed by atoms with Gasteiger partial charge in [0.2, 0.25) is 0 Å². The van der Waals surface area contributed by atoms with Gasteiger partial charge in [-0.15, -0.1) is 0 Å². The molecule has 0 bridgehead atoms. The molecule has 0 fully saturated rings. The van der Waals surface area contributed by atoms with Crippen molar-refractivity contribution in [2.75, 3.05) is 7.11 Å². The molecule has 0 amide bonds. The molecule has 0 aliphatic heterocycles. The molecular formula is C10H5F3INO2. The van der Waals surface area contributed by atoms with Gasteiger partial charge in [0.1, 0.15) is 6.07 Å². The molecule has 0 radical (unpaired) electrons. The lowest BCUT2D eigenvalue weighted by Gasteiger charge is -2.10. The summed E-state index contributed by atoms with van der Waals surface area (Å²) in [5.74, 6) is -0.967. The van der Waals surface area contributed by atoms with Gasteiger partial charge in [-0.1, -0.05) is 0 Å². The van der Waals surface area contributed by atoms with Gasteiger partial charge < -0.3 is 4.74 Å². The highest BCUT2D eigenvalue weighted by molar-refractivity contribution is 14.1. The number of ether oxygens (including phenoxy) is 1. The van der Waals surface area contributed by atoms with Gasteiger partial charge in [0.25, 0.3) is 0 Å². The Labute approximate surface area is 108 Å². The number of carbonyl (C=O) groups is 1. The number of nitrogens with zero attached hydrogens (tertiary/aromatic N) is 1. The first-order chi connectivity index (χ1) is 7.81. The molecule has 0 N–H and O–H groups in total. The number of esters is 1. The number of carbonyl (C=O) groups excluding carboxylic acids is 1. The first-order valence-electron chi connectivity index (χ1n) is 4.20. The van der Waals surface area contributed by atoms with E-state index in [2.05, 4.69) is 4.74 Å². The van der Waals surface area contributed by atoms with Gasteiger partial charge >= 0.3 is 12.1 Å². The van der Waals surface area contributed by atoms with Crippen LogP contribution in [0, 0.1) is 14.9 Å². The molecule has 0 aromatic heterocycles. The van der Waals surface area contributed by atoms with Crippen LogP contribution in [0.5, 0.6) is 0 Å². The van der Waals surface area contributed by atoms with E-state index in [0.717, 1.165) is 13.2 Å². The molecular weight excluding hydrogens is 350 g/mol. The topological polar surface area (TPSA) is 50.1 Å². The van der Waals surface area contributed by atoms with Gasteiger partial charge in [-0.2, -0.15) is 18.4 Å². The largest absolute Gasteiger partial charge is 0.465 e. The van der Waals surface area contributed by atoms with Crippen LogP contribution in [0.25, 0.3) is 0 Å². The van der Waals surface area contributed by atoms with Crippen molar-refractivity contribution in [3.05, 3.63) is 32.4 Å². The number of halogens is 4. The Balaban J connectivity index is 3.51. The van der Waals surface area contributed by atoms with Crippen molar-refractivity contribution >= 4 is 28.6 Å². The number of methoxy groups -OCH3 is 1. The van der Waals surface area contributed by atoms with Crippen LogP contribution in [0.1, 0.15) is 21.5 Å². The van der Waals surface area contributed by atoms with Gasteiger partial charge in [-0.3, -0.25) is 0 Å². The van der Waals surface area contributed by atoms with E-state index in [1.807, 2.05) is 0 Å². The molecule has 7 heteroatoms. The summed E-state index contributed by atoms with van der Waals surface area (Å²) < 4.78 is 41.9. The lowest BCUT2D eigenvalue weighted by molar-refractivity contribution is -0.137. The summed E-state index contributed by atoms with van der Waals surface area (Å²) in [5, 5.41) is 8.79. The highest BCUT2D eigenvalue weighted by Gasteiger charge is 2.33. The second-order valence-electron chi connectivity index (χ2n) is 2.98. The molecule has 0 aliphatic rings. The zero-order valence-electron chi connectivity index (χ0n) is 8.43. The SMILES string of the molecule is COC(=O)c1cc(C(F)(F)F)cc(I)c1C#N. The Morgan fingerprint density at radius 1 is 1.47 bits per heavy atom. The van der Waals surface area contributed by atoms with E-state index in [4.69, 9.17) is 5.26 Å². The molecule has 17 heavy (non-hydrogen) atoms. The summed E-state index contributed by atoms with van der Waals surface area (Å²) in [5.41, 5.74) is -1.49. The van der Waals surface area contributed by atoms with Crippen LogP contribution in [-0.2, 0) is 10.9 Å². The van der Waals surface area contributed by atoms with Crippen molar-refractivity contribution in [3.63, 3.8) is 0 Å². The van der Waals surface area contributed by atoms with Crippen molar-refractivity contribution in [2.45, 2.75) is 6.18 Å². The summed E-state index contributed by atoms with van der Waals surface area (Å²) in [4.78, 5) is 11.3. The second-order valence-corrected chi connectivity index (χ2v) is 4.14. The molecule has 3 nitrogen and oxygen atoms in total. The summed E-state index contributed by atoms with van der Waals surface area (Å²) >= 11 is 1.57. The Morgan fingerprint density at radius 3 is 2.47 bits per heavy atom. The molecule has 1 aromatic carbocycles. The van der Waals surface area contributed by atoms with Gasteiger partial charge in [0.05, 0.1) is 23.8 Å².